The molecule has 0 aliphatic carbocycles. The lowest BCUT2D eigenvalue weighted by Gasteiger charge is -2.04. The van der Waals surface area contributed by atoms with Gasteiger partial charge in [-0.1, -0.05) is 23.9 Å². The van der Waals surface area contributed by atoms with Crippen LogP contribution >= 0.6 is 11.5 Å². The number of aryl methyl sites for hydroxylation is 1. The zero-order valence-corrected chi connectivity index (χ0v) is 10.7. The molecule has 0 spiro atoms. The molecule has 1 amide bonds. The summed E-state index contributed by atoms with van der Waals surface area (Å²) in [5.74, 6) is -0.122. The molecule has 0 saturated heterocycles. The van der Waals surface area contributed by atoms with Gasteiger partial charge in [-0.2, -0.15) is 0 Å². The van der Waals surface area contributed by atoms with E-state index in [1.807, 2.05) is 6.92 Å². The van der Waals surface area contributed by atoms with Crippen molar-refractivity contribution in [2.45, 2.75) is 19.8 Å². The third-order valence-electron chi connectivity index (χ3n) is 2.35. The number of hydrogen-bond donors (Lipinski definition) is 2. The van der Waals surface area contributed by atoms with Gasteiger partial charge >= 0.3 is 0 Å². The highest BCUT2D eigenvalue weighted by atomic mass is 32.1. The Morgan fingerprint density at radius 2 is 2.33 bits per heavy atom. The summed E-state index contributed by atoms with van der Waals surface area (Å²) in [5, 5.41) is 16.0. The Morgan fingerprint density at radius 3 is 3.06 bits per heavy atom. The molecule has 1 heterocycles. The Kier molecular flexibility index (Phi) is 3.88. The molecular formula is C12H13N3O2S. The number of carbonyl (C=O) groups excluding carboxylic acids is 1. The number of rotatable bonds is 4. The van der Waals surface area contributed by atoms with E-state index in [0.717, 1.165) is 30.1 Å². The lowest BCUT2D eigenvalue weighted by atomic mass is 10.2. The summed E-state index contributed by atoms with van der Waals surface area (Å²) in [6, 6.07) is 6.42. The molecule has 2 rings (SSSR count). The second-order valence-corrected chi connectivity index (χ2v) is 4.56. The second-order valence-electron chi connectivity index (χ2n) is 3.80. The molecule has 0 fully saturated rings. The number of benzene rings is 1. The van der Waals surface area contributed by atoms with Gasteiger partial charge in [-0.25, -0.2) is 0 Å². The first-order chi connectivity index (χ1) is 8.70. The maximum atomic E-state index is 12.0. The van der Waals surface area contributed by atoms with Crippen LogP contribution in [0.4, 0.5) is 5.69 Å². The van der Waals surface area contributed by atoms with Gasteiger partial charge < -0.3 is 10.4 Å². The lowest BCUT2D eigenvalue weighted by molar-refractivity contribution is 0.102. The molecule has 0 saturated carbocycles. The number of aromatic hydroxyl groups is 1. The average molecular weight is 263 g/mol. The molecule has 94 valence electrons. The van der Waals surface area contributed by atoms with Gasteiger partial charge in [0.05, 0.1) is 5.69 Å². The molecule has 1 aromatic carbocycles. The minimum Gasteiger partial charge on any atom is -0.508 e. The van der Waals surface area contributed by atoms with E-state index in [1.165, 1.54) is 6.07 Å². The fourth-order valence-corrected chi connectivity index (χ4v) is 2.16. The van der Waals surface area contributed by atoms with Crippen molar-refractivity contribution in [1.82, 2.24) is 9.59 Å². The molecule has 0 unspecified atom stereocenters. The van der Waals surface area contributed by atoms with Crippen LogP contribution in [-0.4, -0.2) is 20.6 Å². The Hall–Kier alpha value is -1.95. The SMILES string of the molecule is CCCc1nnsc1C(=O)Nc1cccc(O)c1. The number of nitrogens with one attached hydrogen (secondary N) is 1. The first-order valence-corrected chi connectivity index (χ1v) is 6.39. The highest BCUT2D eigenvalue weighted by Crippen LogP contribution is 2.18. The third kappa shape index (κ3) is 2.84. The number of anilines is 1. The second kappa shape index (κ2) is 5.59. The normalized spacial score (nSPS) is 10.3. The molecule has 1 aromatic heterocycles. The minimum atomic E-state index is -0.237. The first kappa shape index (κ1) is 12.5. The van der Waals surface area contributed by atoms with E-state index < -0.39 is 0 Å². The number of nitrogens with zero attached hydrogens (tertiary/aromatic N) is 2. The van der Waals surface area contributed by atoms with Gasteiger partial charge in [0.25, 0.3) is 5.91 Å². The summed E-state index contributed by atoms with van der Waals surface area (Å²) in [6.07, 6.45) is 1.65. The third-order valence-corrected chi connectivity index (χ3v) is 3.12. The summed E-state index contributed by atoms with van der Waals surface area (Å²) in [6.45, 7) is 2.02. The monoisotopic (exact) mass is 263 g/mol. The van der Waals surface area contributed by atoms with E-state index in [0.29, 0.717) is 10.6 Å². The largest absolute Gasteiger partial charge is 0.508 e. The predicted molar refractivity (Wildman–Crippen MR) is 70.0 cm³/mol. The van der Waals surface area contributed by atoms with E-state index in [9.17, 15) is 9.90 Å². The lowest BCUT2D eigenvalue weighted by Crippen LogP contribution is -2.12. The van der Waals surface area contributed by atoms with E-state index in [2.05, 4.69) is 14.9 Å². The van der Waals surface area contributed by atoms with Gasteiger partial charge in [-0.15, -0.1) is 5.10 Å². The van der Waals surface area contributed by atoms with E-state index in [4.69, 9.17) is 0 Å². The summed E-state index contributed by atoms with van der Waals surface area (Å²) in [4.78, 5) is 12.5. The maximum Gasteiger partial charge on any atom is 0.269 e. The average Bonchev–Trinajstić information content (AvgIpc) is 2.78. The molecule has 6 heteroatoms. The van der Waals surface area contributed by atoms with Crippen molar-refractivity contribution in [3.63, 3.8) is 0 Å². The summed E-state index contributed by atoms with van der Waals surface area (Å²) < 4.78 is 3.80. The minimum absolute atomic E-state index is 0.115. The van der Waals surface area contributed by atoms with Crippen LogP contribution in [0.25, 0.3) is 0 Å². The first-order valence-electron chi connectivity index (χ1n) is 5.62. The van der Waals surface area contributed by atoms with Crippen molar-refractivity contribution in [2.24, 2.45) is 0 Å². The standard InChI is InChI=1S/C12H13N3O2S/c1-2-4-10-11(18-15-14-10)12(17)13-8-5-3-6-9(16)7-8/h3,5-7,16H,2,4H2,1H3,(H,13,17). The molecule has 18 heavy (non-hydrogen) atoms. The number of aromatic nitrogens is 2. The van der Waals surface area contributed by atoms with Crippen molar-refractivity contribution >= 4 is 23.1 Å². The van der Waals surface area contributed by atoms with Crippen LogP contribution in [0.15, 0.2) is 24.3 Å². The predicted octanol–water partition coefficient (Wildman–Crippen LogP) is 2.45. The van der Waals surface area contributed by atoms with Crippen molar-refractivity contribution in [1.29, 1.82) is 0 Å². The fourth-order valence-electron chi connectivity index (χ4n) is 1.55. The Morgan fingerprint density at radius 1 is 1.50 bits per heavy atom. The Balaban J connectivity index is 2.14. The van der Waals surface area contributed by atoms with Crippen LogP contribution < -0.4 is 5.32 Å². The van der Waals surface area contributed by atoms with Crippen LogP contribution in [0.5, 0.6) is 5.75 Å². The number of carbonyl (C=O) groups is 1. The molecule has 2 aromatic rings. The number of phenols is 1. The molecule has 2 N–H and O–H groups in total. The van der Waals surface area contributed by atoms with E-state index in [1.54, 1.807) is 18.2 Å². The smallest absolute Gasteiger partial charge is 0.269 e. The van der Waals surface area contributed by atoms with Crippen LogP contribution in [-0.2, 0) is 6.42 Å². The molecule has 0 radical (unpaired) electrons. The van der Waals surface area contributed by atoms with Crippen molar-refractivity contribution in [3.8, 4) is 5.75 Å². The summed E-state index contributed by atoms with van der Waals surface area (Å²) >= 11 is 1.09. The molecule has 0 bridgehead atoms. The molecule has 0 aliphatic rings. The van der Waals surface area contributed by atoms with Gasteiger partial charge in [0.15, 0.2) is 0 Å². The van der Waals surface area contributed by atoms with E-state index in [-0.39, 0.29) is 11.7 Å². The fraction of sp³-hybridized carbons (Fsp3) is 0.250. The maximum absolute atomic E-state index is 12.0. The Labute approximate surface area is 109 Å². The molecule has 0 atom stereocenters. The van der Waals surface area contributed by atoms with Crippen LogP contribution in [0, 0.1) is 0 Å². The zero-order valence-electron chi connectivity index (χ0n) is 9.88. The van der Waals surface area contributed by atoms with Crippen LogP contribution in [0.3, 0.4) is 0 Å². The molecule has 0 aliphatic heterocycles. The van der Waals surface area contributed by atoms with Crippen molar-refractivity contribution < 1.29 is 9.90 Å². The van der Waals surface area contributed by atoms with Gasteiger partial charge in [0.2, 0.25) is 0 Å². The molecular weight excluding hydrogens is 250 g/mol. The van der Waals surface area contributed by atoms with Crippen LogP contribution in [0.2, 0.25) is 0 Å². The zero-order chi connectivity index (χ0) is 13.0. The molecule has 5 nitrogen and oxygen atoms in total. The number of amides is 1. The quantitative estimate of drug-likeness (QED) is 0.888. The number of phenolic OH excluding ortho intramolecular Hbond substituents is 1. The Bertz CT molecular complexity index is 554. The topological polar surface area (TPSA) is 75.1 Å². The van der Waals surface area contributed by atoms with Gasteiger partial charge in [-0.05, 0) is 30.1 Å². The van der Waals surface area contributed by atoms with Gasteiger partial charge in [0.1, 0.15) is 10.6 Å². The van der Waals surface area contributed by atoms with Crippen molar-refractivity contribution in [3.05, 3.63) is 34.8 Å². The van der Waals surface area contributed by atoms with Gasteiger partial charge in [0, 0.05) is 11.8 Å². The highest BCUT2D eigenvalue weighted by Gasteiger charge is 2.15. The van der Waals surface area contributed by atoms with E-state index >= 15 is 0 Å². The number of hydrogen-bond acceptors (Lipinski definition) is 5. The summed E-state index contributed by atoms with van der Waals surface area (Å²) in [5.41, 5.74) is 1.27. The van der Waals surface area contributed by atoms with Crippen LogP contribution in [0.1, 0.15) is 28.7 Å². The summed E-state index contributed by atoms with van der Waals surface area (Å²) in [7, 11) is 0. The van der Waals surface area contributed by atoms with Gasteiger partial charge in [-0.3, -0.25) is 4.79 Å². The highest BCUT2D eigenvalue weighted by molar-refractivity contribution is 7.08. The van der Waals surface area contributed by atoms with Crippen molar-refractivity contribution in [2.75, 3.05) is 5.32 Å².